The number of benzene rings is 1. The highest BCUT2D eigenvalue weighted by molar-refractivity contribution is 5.64. The molecule has 0 saturated carbocycles. The van der Waals surface area contributed by atoms with Gasteiger partial charge in [-0.3, -0.25) is 0 Å². The SMILES string of the molecule is CCc1cc(-c2nc(CO)[nH]c2C)ccc1OC. The fourth-order valence-electron chi connectivity index (χ4n) is 2.08. The molecule has 0 radical (unpaired) electrons. The zero-order valence-electron chi connectivity index (χ0n) is 10.9. The monoisotopic (exact) mass is 246 g/mol. The molecule has 0 atom stereocenters. The van der Waals surface area contributed by atoms with Crippen LogP contribution in [0, 0.1) is 6.92 Å². The van der Waals surface area contributed by atoms with Gasteiger partial charge < -0.3 is 14.8 Å². The van der Waals surface area contributed by atoms with Crippen molar-refractivity contribution in [3.63, 3.8) is 0 Å². The van der Waals surface area contributed by atoms with E-state index in [-0.39, 0.29) is 6.61 Å². The van der Waals surface area contributed by atoms with Crippen LogP contribution in [0.25, 0.3) is 11.3 Å². The largest absolute Gasteiger partial charge is 0.496 e. The van der Waals surface area contributed by atoms with Crippen molar-refractivity contribution in [3.05, 3.63) is 35.3 Å². The highest BCUT2D eigenvalue weighted by atomic mass is 16.5. The Morgan fingerprint density at radius 3 is 2.72 bits per heavy atom. The lowest BCUT2D eigenvalue weighted by Crippen LogP contribution is -1.92. The maximum atomic E-state index is 9.09. The molecule has 0 fully saturated rings. The molecule has 96 valence electrons. The molecule has 0 aliphatic carbocycles. The van der Waals surface area contributed by atoms with Gasteiger partial charge in [0.2, 0.25) is 0 Å². The summed E-state index contributed by atoms with van der Waals surface area (Å²) < 4.78 is 5.32. The number of hydrogen-bond acceptors (Lipinski definition) is 3. The quantitative estimate of drug-likeness (QED) is 0.871. The Labute approximate surface area is 107 Å². The molecular weight excluding hydrogens is 228 g/mol. The second-order valence-corrected chi connectivity index (χ2v) is 4.20. The molecule has 18 heavy (non-hydrogen) atoms. The molecule has 0 bridgehead atoms. The summed E-state index contributed by atoms with van der Waals surface area (Å²) >= 11 is 0. The summed E-state index contributed by atoms with van der Waals surface area (Å²) in [5, 5.41) is 9.09. The molecule has 0 spiro atoms. The highest BCUT2D eigenvalue weighted by Gasteiger charge is 2.10. The van der Waals surface area contributed by atoms with Crippen LogP contribution in [-0.4, -0.2) is 22.2 Å². The van der Waals surface area contributed by atoms with E-state index in [4.69, 9.17) is 9.84 Å². The van der Waals surface area contributed by atoms with Gasteiger partial charge in [0.1, 0.15) is 18.2 Å². The van der Waals surface area contributed by atoms with Crippen LogP contribution in [0.1, 0.15) is 24.0 Å². The number of imidazole rings is 1. The Balaban J connectivity index is 2.47. The molecule has 0 aliphatic heterocycles. The van der Waals surface area contributed by atoms with Crippen LogP contribution in [0.3, 0.4) is 0 Å². The summed E-state index contributed by atoms with van der Waals surface area (Å²) in [6, 6.07) is 6.03. The minimum atomic E-state index is -0.0718. The highest BCUT2D eigenvalue weighted by Crippen LogP contribution is 2.27. The summed E-state index contributed by atoms with van der Waals surface area (Å²) in [5.41, 5.74) is 4.05. The van der Waals surface area contributed by atoms with E-state index in [1.807, 2.05) is 19.1 Å². The lowest BCUT2D eigenvalue weighted by molar-refractivity contribution is 0.272. The van der Waals surface area contributed by atoms with Crippen LogP contribution in [0.5, 0.6) is 5.75 Å². The molecule has 0 unspecified atom stereocenters. The number of aromatic amines is 1. The summed E-state index contributed by atoms with van der Waals surface area (Å²) in [5.74, 6) is 1.49. The van der Waals surface area contributed by atoms with Gasteiger partial charge >= 0.3 is 0 Å². The van der Waals surface area contributed by atoms with Gasteiger partial charge in [0, 0.05) is 11.3 Å². The Morgan fingerprint density at radius 2 is 2.17 bits per heavy atom. The molecular formula is C14H18N2O2. The Bertz CT molecular complexity index is 547. The Kier molecular flexibility index (Phi) is 3.67. The van der Waals surface area contributed by atoms with Crippen LogP contribution >= 0.6 is 0 Å². The third kappa shape index (κ3) is 2.24. The second kappa shape index (κ2) is 5.23. The summed E-state index contributed by atoms with van der Waals surface area (Å²) in [6.07, 6.45) is 0.910. The van der Waals surface area contributed by atoms with Gasteiger partial charge in [-0.2, -0.15) is 0 Å². The molecule has 1 heterocycles. The number of aliphatic hydroxyl groups is 1. The third-order valence-electron chi connectivity index (χ3n) is 3.02. The number of nitrogens with one attached hydrogen (secondary N) is 1. The van der Waals surface area contributed by atoms with Crippen LogP contribution in [0.15, 0.2) is 18.2 Å². The molecule has 2 aromatic rings. The van der Waals surface area contributed by atoms with Gasteiger partial charge in [-0.1, -0.05) is 6.92 Å². The smallest absolute Gasteiger partial charge is 0.132 e. The molecule has 2 N–H and O–H groups in total. The number of aryl methyl sites for hydroxylation is 2. The van der Waals surface area contributed by atoms with Crippen molar-refractivity contribution < 1.29 is 9.84 Å². The predicted octanol–water partition coefficient (Wildman–Crippen LogP) is 2.45. The Morgan fingerprint density at radius 1 is 1.39 bits per heavy atom. The molecule has 1 aromatic heterocycles. The summed E-state index contributed by atoms with van der Waals surface area (Å²) in [4.78, 5) is 7.45. The standard InChI is InChI=1S/C14H18N2O2/c1-4-10-7-11(5-6-12(10)18-3)14-9(2)15-13(8-17)16-14/h5-7,17H,4,8H2,1-3H3,(H,15,16). The van der Waals surface area contributed by atoms with E-state index >= 15 is 0 Å². The number of methoxy groups -OCH3 is 1. The Hall–Kier alpha value is -1.81. The van der Waals surface area contributed by atoms with Crippen molar-refractivity contribution in [1.29, 1.82) is 0 Å². The molecule has 0 saturated heterocycles. The van der Waals surface area contributed by atoms with Crippen molar-refractivity contribution in [3.8, 4) is 17.0 Å². The number of rotatable bonds is 4. The van der Waals surface area contributed by atoms with E-state index in [2.05, 4.69) is 23.0 Å². The molecule has 1 aromatic carbocycles. The minimum Gasteiger partial charge on any atom is -0.496 e. The van der Waals surface area contributed by atoms with Crippen molar-refractivity contribution >= 4 is 0 Å². The molecule has 4 nitrogen and oxygen atoms in total. The van der Waals surface area contributed by atoms with E-state index in [1.165, 1.54) is 0 Å². The van der Waals surface area contributed by atoms with Crippen molar-refractivity contribution in [2.75, 3.05) is 7.11 Å². The number of ether oxygens (including phenoxy) is 1. The maximum Gasteiger partial charge on any atom is 0.132 e. The fraction of sp³-hybridized carbons (Fsp3) is 0.357. The van der Waals surface area contributed by atoms with Crippen LogP contribution in [0.4, 0.5) is 0 Å². The first-order chi connectivity index (χ1) is 8.69. The van der Waals surface area contributed by atoms with Gasteiger partial charge in [0.25, 0.3) is 0 Å². The van der Waals surface area contributed by atoms with Crippen molar-refractivity contribution in [2.24, 2.45) is 0 Å². The molecule has 0 aliphatic rings. The van der Waals surface area contributed by atoms with Crippen molar-refractivity contribution in [2.45, 2.75) is 26.9 Å². The number of H-pyrrole nitrogens is 1. The molecule has 2 rings (SSSR count). The minimum absolute atomic E-state index is 0.0718. The van der Waals surface area contributed by atoms with Gasteiger partial charge in [-0.15, -0.1) is 0 Å². The number of hydrogen-bond donors (Lipinski definition) is 2. The van der Waals surface area contributed by atoms with Gasteiger partial charge in [-0.05, 0) is 37.1 Å². The number of aromatic nitrogens is 2. The van der Waals surface area contributed by atoms with Gasteiger partial charge in [-0.25, -0.2) is 4.98 Å². The average molecular weight is 246 g/mol. The lowest BCUT2D eigenvalue weighted by atomic mass is 10.0. The fourth-order valence-corrected chi connectivity index (χ4v) is 2.08. The first kappa shape index (κ1) is 12.6. The molecule has 0 amide bonds. The van der Waals surface area contributed by atoms with Crippen molar-refractivity contribution in [1.82, 2.24) is 9.97 Å². The third-order valence-corrected chi connectivity index (χ3v) is 3.02. The first-order valence-electron chi connectivity index (χ1n) is 6.03. The van der Waals surface area contributed by atoms with Gasteiger partial charge in [0.05, 0.1) is 12.8 Å². The predicted molar refractivity (Wildman–Crippen MR) is 70.6 cm³/mol. The van der Waals surface area contributed by atoms with Crippen LogP contribution in [-0.2, 0) is 13.0 Å². The van der Waals surface area contributed by atoms with Crippen LogP contribution < -0.4 is 4.74 Å². The first-order valence-corrected chi connectivity index (χ1v) is 6.03. The maximum absolute atomic E-state index is 9.09. The zero-order valence-corrected chi connectivity index (χ0v) is 10.9. The van der Waals surface area contributed by atoms with E-state index < -0.39 is 0 Å². The van der Waals surface area contributed by atoms with Gasteiger partial charge in [0.15, 0.2) is 0 Å². The normalized spacial score (nSPS) is 10.7. The number of aliphatic hydroxyl groups excluding tert-OH is 1. The van der Waals surface area contributed by atoms with E-state index in [9.17, 15) is 0 Å². The van der Waals surface area contributed by atoms with E-state index in [1.54, 1.807) is 7.11 Å². The van der Waals surface area contributed by atoms with E-state index in [0.29, 0.717) is 5.82 Å². The zero-order chi connectivity index (χ0) is 13.1. The topological polar surface area (TPSA) is 58.1 Å². The summed E-state index contributed by atoms with van der Waals surface area (Å²) in [7, 11) is 1.68. The lowest BCUT2D eigenvalue weighted by Gasteiger charge is -2.08. The molecule has 4 heteroatoms. The summed E-state index contributed by atoms with van der Waals surface area (Å²) in [6.45, 7) is 3.98. The van der Waals surface area contributed by atoms with E-state index in [0.717, 1.165) is 34.7 Å². The second-order valence-electron chi connectivity index (χ2n) is 4.20. The number of nitrogens with zero attached hydrogens (tertiary/aromatic N) is 1. The average Bonchev–Trinajstić information content (AvgIpc) is 2.79. The van der Waals surface area contributed by atoms with Crippen LogP contribution in [0.2, 0.25) is 0 Å².